The average Bonchev–Trinajstić information content (AvgIpc) is 3.07. The van der Waals surface area contributed by atoms with E-state index in [0.29, 0.717) is 35.8 Å². The highest BCUT2D eigenvalue weighted by molar-refractivity contribution is 6.46. The summed E-state index contributed by atoms with van der Waals surface area (Å²) in [6.45, 7) is 0.979. The number of likely N-dealkylation sites (tertiary alicyclic amines) is 1. The zero-order valence-corrected chi connectivity index (χ0v) is 19.9. The van der Waals surface area contributed by atoms with Crippen molar-refractivity contribution in [2.75, 3.05) is 48.5 Å². The fourth-order valence-electron chi connectivity index (χ4n) is 4.04. The molecule has 2 aromatic rings. The lowest BCUT2D eigenvalue weighted by Crippen LogP contribution is -2.32. The molecule has 9 heteroatoms. The van der Waals surface area contributed by atoms with Crippen molar-refractivity contribution in [3.05, 3.63) is 58.9 Å². The molecule has 34 heavy (non-hydrogen) atoms. The van der Waals surface area contributed by atoms with E-state index in [2.05, 4.69) is 0 Å². The maximum absolute atomic E-state index is 13.4. The lowest BCUT2D eigenvalue weighted by molar-refractivity contribution is -0.139. The maximum Gasteiger partial charge on any atom is 0.295 e. The highest BCUT2D eigenvalue weighted by Crippen LogP contribution is 2.45. The molecular formula is C25H29FN2O6. The molecule has 1 atom stereocenters. The number of ether oxygens (including phenoxy) is 3. The molecule has 2 aromatic carbocycles. The minimum atomic E-state index is -0.902. The van der Waals surface area contributed by atoms with E-state index in [0.717, 1.165) is 0 Å². The highest BCUT2D eigenvalue weighted by atomic mass is 19.1. The Morgan fingerprint density at radius 3 is 2.12 bits per heavy atom. The molecule has 1 N–H and O–H groups in total. The number of carbonyl (C=O) groups excluding carboxylic acids is 2. The van der Waals surface area contributed by atoms with Crippen molar-refractivity contribution >= 4 is 17.4 Å². The van der Waals surface area contributed by atoms with Gasteiger partial charge in [-0.2, -0.15) is 0 Å². The van der Waals surface area contributed by atoms with Gasteiger partial charge in [-0.1, -0.05) is 0 Å². The van der Waals surface area contributed by atoms with Gasteiger partial charge in [-0.15, -0.1) is 0 Å². The zero-order chi connectivity index (χ0) is 25.0. The third kappa shape index (κ3) is 4.84. The number of hydrogen-bond acceptors (Lipinski definition) is 7. The topological polar surface area (TPSA) is 88.5 Å². The molecule has 1 amide bonds. The van der Waals surface area contributed by atoms with E-state index >= 15 is 0 Å². The number of aliphatic hydroxyl groups is 1. The largest absolute Gasteiger partial charge is 0.507 e. The molecule has 182 valence electrons. The highest BCUT2D eigenvalue weighted by Gasteiger charge is 2.46. The van der Waals surface area contributed by atoms with Gasteiger partial charge in [-0.3, -0.25) is 9.59 Å². The van der Waals surface area contributed by atoms with Crippen molar-refractivity contribution in [1.29, 1.82) is 0 Å². The van der Waals surface area contributed by atoms with Crippen molar-refractivity contribution in [3.8, 4) is 17.2 Å². The van der Waals surface area contributed by atoms with Gasteiger partial charge in [0.1, 0.15) is 11.6 Å². The first kappa shape index (κ1) is 25.0. The second-order valence-electron chi connectivity index (χ2n) is 8.11. The number of Topliss-reactive ketones (excluding diaryl/α,β-unsaturated/α-hetero) is 1. The van der Waals surface area contributed by atoms with Crippen molar-refractivity contribution in [3.63, 3.8) is 0 Å². The van der Waals surface area contributed by atoms with Gasteiger partial charge in [0, 0.05) is 12.1 Å². The van der Waals surface area contributed by atoms with Gasteiger partial charge in [0.25, 0.3) is 11.7 Å². The van der Waals surface area contributed by atoms with Crippen molar-refractivity contribution in [1.82, 2.24) is 9.80 Å². The Bertz CT molecular complexity index is 1070. The lowest BCUT2D eigenvalue weighted by Gasteiger charge is -2.27. The van der Waals surface area contributed by atoms with E-state index in [4.69, 9.17) is 14.2 Å². The summed E-state index contributed by atoms with van der Waals surface area (Å²) in [4.78, 5) is 29.6. The summed E-state index contributed by atoms with van der Waals surface area (Å²) in [5, 5.41) is 11.1. The zero-order valence-electron chi connectivity index (χ0n) is 19.9. The summed E-state index contributed by atoms with van der Waals surface area (Å²) in [7, 11) is 8.24. The van der Waals surface area contributed by atoms with E-state index in [1.807, 2.05) is 19.0 Å². The molecule has 8 nitrogen and oxygen atoms in total. The van der Waals surface area contributed by atoms with Gasteiger partial charge in [0.05, 0.1) is 32.9 Å². The molecule has 0 spiro atoms. The van der Waals surface area contributed by atoms with Gasteiger partial charge in [0.15, 0.2) is 11.5 Å². The van der Waals surface area contributed by atoms with Gasteiger partial charge in [0.2, 0.25) is 5.75 Å². The first-order valence-electron chi connectivity index (χ1n) is 10.7. The first-order valence-corrected chi connectivity index (χ1v) is 10.7. The second kappa shape index (κ2) is 10.6. The number of benzene rings is 2. The molecule has 0 aromatic heterocycles. The molecule has 1 aliphatic rings. The Kier molecular flexibility index (Phi) is 7.78. The Labute approximate surface area is 198 Å². The van der Waals surface area contributed by atoms with Crippen LogP contribution in [0.5, 0.6) is 17.2 Å². The van der Waals surface area contributed by atoms with Crippen LogP contribution in [0.3, 0.4) is 0 Å². The van der Waals surface area contributed by atoms with Gasteiger partial charge < -0.3 is 29.1 Å². The van der Waals surface area contributed by atoms with Crippen molar-refractivity contribution in [2.24, 2.45) is 0 Å². The summed E-state index contributed by atoms with van der Waals surface area (Å²) < 4.78 is 29.7. The van der Waals surface area contributed by atoms with Crippen LogP contribution in [0.1, 0.15) is 23.6 Å². The Hall–Kier alpha value is -3.59. The molecule has 3 rings (SSSR count). The number of rotatable bonds is 9. The van der Waals surface area contributed by atoms with Gasteiger partial charge in [-0.05, 0) is 69.0 Å². The van der Waals surface area contributed by atoms with Crippen molar-refractivity contribution in [2.45, 2.75) is 12.5 Å². The summed E-state index contributed by atoms with van der Waals surface area (Å²) in [6.07, 6.45) is 0.609. The van der Waals surface area contributed by atoms with Crippen LogP contribution in [0.15, 0.2) is 42.0 Å². The van der Waals surface area contributed by atoms with Crippen molar-refractivity contribution < 1.29 is 33.3 Å². The minimum absolute atomic E-state index is 0.0873. The molecule has 1 fully saturated rings. The fourth-order valence-corrected chi connectivity index (χ4v) is 4.04. The summed E-state index contributed by atoms with van der Waals surface area (Å²) in [6, 6.07) is 7.46. The molecule has 0 saturated carbocycles. The lowest BCUT2D eigenvalue weighted by atomic mass is 9.94. The normalized spacial score (nSPS) is 17.4. The number of nitrogens with zero attached hydrogens (tertiary/aromatic N) is 2. The molecular weight excluding hydrogens is 443 g/mol. The van der Waals surface area contributed by atoms with Crippen LogP contribution in [-0.2, 0) is 9.59 Å². The van der Waals surface area contributed by atoms with Crippen LogP contribution < -0.4 is 14.2 Å². The van der Waals surface area contributed by atoms with E-state index < -0.39 is 23.5 Å². The molecule has 1 aliphatic heterocycles. The summed E-state index contributed by atoms with van der Waals surface area (Å²) in [5.41, 5.74) is 0.642. The van der Waals surface area contributed by atoms with Crippen LogP contribution in [0.25, 0.3) is 5.76 Å². The molecule has 1 heterocycles. The number of carbonyl (C=O) groups is 2. The maximum atomic E-state index is 13.4. The summed E-state index contributed by atoms with van der Waals surface area (Å²) in [5.74, 6) is -1.35. The number of aliphatic hydroxyl groups excluding tert-OH is 1. The predicted molar refractivity (Wildman–Crippen MR) is 125 cm³/mol. The number of methoxy groups -OCH3 is 3. The molecule has 1 saturated heterocycles. The second-order valence-corrected chi connectivity index (χ2v) is 8.11. The number of amides is 1. The average molecular weight is 473 g/mol. The van der Waals surface area contributed by atoms with E-state index in [-0.39, 0.29) is 23.4 Å². The smallest absolute Gasteiger partial charge is 0.295 e. The van der Waals surface area contributed by atoms with Crippen LogP contribution in [0.4, 0.5) is 4.39 Å². The van der Waals surface area contributed by atoms with E-state index in [1.165, 1.54) is 50.5 Å². The monoisotopic (exact) mass is 472 g/mol. The standard InChI is InChI=1S/C25H29FN2O6/c1-27(2)11-6-12-28-21(16-13-18(32-3)24(34-5)19(14-16)33-4)20(23(30)25(28)31)22(29)15-7-9-17(26)10-8-15/h7-10,13-14,21,29H,6,11-12H2,1-5H3/b22-20+/t21-/m0/s1. The van der Waals surface area contributed by atoms with Crippen LogP contribution in [0.2, 0.25) is 0 Å². The Morgan fingerprint density at radius 1 is 1.03 bits per heavy atom. The number of ketones is 1. The fraction of sp³-hybridized carbons (Fsp3) is 0.360. The quantitative estimate of drug-likeness (QED) is 0.341. The molecule has 0 radical (unpaired) electrons. The third-order valence-electron chi connectivity index (χ3n) is 5.66. The first-order chi connectivity index (χ1) is 16.2. The SMILES string of the molecule is COc1cc([C@H]2/C(=C(\O)c3ccc(F)cc3)C(=O)C(=O)N2CCCN(C)C)cc(OC)c1OC. The van der Waals surface area contributed by atoms with Gasteiger partial charge in [-0.25, -0.2) is 4.39 Å². The molecule has 0 aliphatic carbocycles. The van der Waals surface area contributed by atoms with Crippen LogP contribution in [-0.4, -0.2) is 75.1 Å². The third-order valence-corrected chi connectivity index (χ3v) is 5.66. The number of halogens is 1. The number of hydrogen-bond donors (Lipinski definition) is 1. The summed E-state index contributed by atoms with van der Waals surface area (Å²) >= 11 is 0. The Morgan fingerprint density at radius 2 is 1.62 bits per heavy atom. The minimum Gasteiger partial charge on any atom is -0.507 e. The van der Waals surface area contributed by atoms with Crippen LogP contribution in [0, 0.1) is 5.82 Å². The van der Waals surface area contributed by atoms with E-state index in [9.17, 15) is 19.1 Å². The van der Waals surface area contributed by atoms with E-state index in [1.54, 1.807) is 12.1 Å². The molecule has 0 unspecified atom stereocenters. The van der Waals surface area contributed by atoms with Gasteiger partial charge >= 0.3 is 0 Å². The predicted octanol–water partition coefficient (Wildman–Crippen LogP) is 3.22. The molecule has 0 bridgehead atoms. The van der Waals surface area contributed by atoms with Crippen LogP contribution >= 0.6 is 0 Å². The Balaban J connectivity index is 2.21.